The van der Waals surface area contributed by atoms with E-state index in [2.05, 4.69) is 29.1 Å². The summed E-state index contributed by atoms with van der Waals surface area (Å²) in [5.41, 5.74) is 7.05. The van der Waals surface area contributed by atoms with Crippen LogP contribution in [-0.2, 0) is 0 Å². The Morgan fingerprint density at radius 1 is 1.32 bits per heavy atom. The first kappa shape index (κ1) is 13.4. The molecule has 19 heavy (non-hydrogen) atoms. The van der Waals surface area contributed by atoms with Crippen molar-refractivity contribution in [3.05, 3.63) is 35.8 Å². The lowest BCUT2D eigenvalue weighted by Crippen LogP contribution is -2.30. The van der Waals surface area contributed by atoms with Gasteiger partial charge in [0.2, 0.25) is 5.82 Å². The Morgan fingerprint density at radius 2 is 2.05 bits per heavy atom. The van der Waals surface area contributed by atoms with Gasteiger partial charge in [0.05, 0.1) is 11.2 Å². The average molecular weight is 258 g/mol. The van der Waals surface area contributed by atoms with Gasteiger partial charge in [0.25, 0.3) is 5.91 Å². The second-order valence-corrected chi connectivity index (χ2v) is 4.65. The summed E-state index contributed by atoms with van der Waals surface area (Å²) >= 11 is 0. The Hall–Kier alpha value is -2.01. The average Bonchev–Trinajstić information content (AvgIpc) is 2.43. The normalized spacial score (nSPS) is 10.9. The molecule has 2 aromatic rings. The van der Waals surface area contributed by atoms with Crippen LogP contribution in [-0.4, -0.2) is 29.0 Å². The van der Waals surface area contributed by atoms with Crippen LogP contribution in [0.2, 0.25) is 0 Å². The van der Waals surface area contributed by atoms with Crippen LogP contribution in [0.25, 0.3) is 10.9 Å². The van der Waals surface area contributed by atoms with Crippen molar-refractivity contribution in [2.24, 2.45) is 5.73 Å². The van der Waals surface area contributed by atoms with E-state index in [4.69, 9.17) is 5.73 Å². The highest BCUT2D eigenvalue weighted by Crippen LogP contribution is 2.22. The van der Waals surface area contributed by atoms with Crippen LogP contribution in [0.1, 0.15) is 36.1 Å². The molecule has 2 rings (SSSR count). The molecule has 0 aliphatic heterocycles. The van der Waals surface area contributed by atoms with E-state index in [0.29, 0.717) is 13.1 Å². The zero-order chi connectivity index (χ0) is 13.8. The number of fused-ring (bicyclic) bond motifs is 1. The Morgan fingerprint density at radius 3 is 2.74 bits per heavy atom. The van der Waals surface area contributed by atoms with Crippen LogP contribution in [0.5, 0.6) is 0 Å². The van der Waals surface area contributed by atoms with Crippen LogP contribution in [0, 0.1) is 0 Å². The van der Waals surface area contributed by atoms with Gasteiger partial charge in [0.15, 0.2) is 0 Å². The van der Waals surface area contributed by atoms with E-state index in [9.17, 15) is 4.79 Å². The lowest BCUT2D eigenvalue weighted by atomic mass is 10.0. The minimum Gasteiger partial charge on any atom is -0.348 e. The maximum atomic E-state index is 11.9. The van der Waals surface area contributed by atoms with E-state index in [0.717, 1.165) is 16.6 Å². The monoisotopic (exact) mass is 258 g/mol. The van der Waals surface area contributed by atoms with Gasteiger partial charge in [0, 0.05) is 18.5 Å². The van der Waals surface area contributed by atoms with Gasteiger partial charge in [-0.2, -0.15) is 0 Å². The summed E-state index contributed by atoms with van der Waals surface area (Å²) in [6.45, 7) is 4.93. The maximum absolute atomic E-state index is 11.9. The molecule has 0 atom stereocenters. The van der Waals surface area contributed by atoms with E-state index in [1.54, 1.807) is 0 Å². The molecule has 1 aromatic heterocycles. The number of aromatic nitrogens is 2. The fraction of sp³-hybridized carbons (Fsp3) is 0.357. The molecule has 1 heterocycles. The van der Waals surface area contributed by atoms with Gasteiger partial charge in [0.1, 0.15) is 0 Å². The van der Waals surface area contributed by atoms with Gasteiger partial charge in [-0.1, -0.05) is 32.0 Å². The molecule has 0 aliphatic rings. The summed E-state index contributed by atoms with van der Waals surface area (Å²) in [5.74, 6) is 0.155. The highest BCUT2D eigenvalue weighted by atomic mass is 16.2. The SMILES string of the molecule is CC(C)c1nc(C(=O)NCCN)nc2ccccc12. The molecule has 3 N–H and O–H groups in total. The van der Waals surface area contributed by atoms with Gasteiger partial charge < -0.3 is 11.1 Å². The van der Waals surface area contributed by atoms with Crippen molar-refractivity contribution >= 4 is 16.8 Å². The number of para-hydroxylation sites is 1. The largest absolute Gasteiger partial charge is 0.348 e. The van der Waals surface area contributed by atoms with Crippen molar-refractivity contribution in [3.63, 3.8) is 0 Å². The molecular weight excluding hydrogens is 240 g/mol. The zero-order valence-corrected chi connectivity index (χ0v) is 11.2. The lowest BCUT2D eigenvalue weighted by molar-refractivity contribution is 0.0944. The third-order valence-corrected chi connectivity index (χ3v) is 2.81. The van der Waals surface area contributed by atoms with Crippen molar-refractivity contribution in [2.75, 3.05) is 13.1 Å². The summed E-state index contributed by atoms with van der Waals surface area (Å²) < 4.78 is 0. The number of nitrogens with zero attached hydrogens (tertiary/aromatic N) is 2. The number of amides is 1. The minimum atomic E-state index is -0.280. The highest BCUT2D eigenvalue weighted by molar-refractivity contribution is 5.93. The van der Waals surface area contributed by atoms with Crippen LogP contribution >= 0.6 is 0 Å². The molecule has 0 unspecified atom stereocenters. The van der Waals surface area contributed by atoms with Gasteiger partial charge in [-0.3, -0.25) is 4.79 Å². The fourth-order valence-electron chi connectivity index (χ4n) is 1.91. The number of rotatable bonds is 4. The molecular formula is C14H18N4O. The van der Waals surface area contributed by atoms with E-state index >= 15 is 0 Å². The number of hydrogen-bond acceptors (Lipinski definition) is 4. The Labute approximate surface area is 112 Å². The fourth-order valence-corrected chi connectivity index (χ4v) is 1.91. The Balaban J connectivity index is 2.49. The van der Waals surface area contributed by atoms with Gasteiger partial charge >= 0.3 is 0 Å². The Kier molecular flexibility index (Phi) is 4.06. The first-order valence-corrected chi connectivity index (χ1v) is 6.38. The quantitative estimate of drug-likeness (QED) is 0.869. The van der Waals surface area contributed by atoms with Crippen molar-refractivity contribution < 1.29 is 4.79 Å². The smallest absolute Gasteiger partial charge is 0.289 e. The molecule has 0 saturated heterocycles. The van der Waals surface area contributed by atoms with E-state index < -0.39 is 0 Å². The van der Waals surface area contributed by atoms with Crippen molar-refractivity contribution in [2.45, 2.75) is 19.8 Å². The Bertz CT molecular complexity index is 595. The van der Waals surface area contributed by atoms with Gasteiger partial charge in [-0.25, -0.2) is 9.97 Å². The number of carbonyl (C=O) groups excluding carboxylic acids is 1. The molecule has 0 aliphatic carbocycles. The van der Waals surface area contributed by atoms with E-state index in [1.807, 2.05) is 24.3 Å². The molecule has 0 spiro atoms. The molecule has 1 aromatic carbocycles. The van der Waals surface area contributed by atoms with Crippen LogP contribution in [0.15, 0.2) is 24.3 Å². The third-order valence-electron chi connectivity index (χ3n) is 2.81. The molecule has 100 valence electrons. The predicted molar refractivity (Wildman–Crippen MR) is 75.0 cm³/mol. The molecule has 0 fully saturated rings. The van der Waals surface area contributed by atoms with Crippen molar-refractivity contribution in [1.29, 1.82) is 0 Å². The zero-order valence-electron chi connectivity index (χ0n) is 11.2. The molecule has 0 radical (unpaired) electrons. The summed E-state index contributed by atoms with van der Waals surface area (Å²) in [6.07, 6.45) is 0. The molecule has 0 bridgehead atoms. The van der Waals surface area contributed by atoms with Gasteiger partial charge in [-0.15, -0.1) is 0 Å². The lowest BCUT2D eigenvalue weighted by Gasteiger charge is -2.11. The molecule has 0 saturated carbocycles. The number of hydrogen-bond donors (Lipinski definition) is 2. The maximum Gasteiger partial charge on any atom is 0.289 e. The number of nitrogens with one attached hydrogen (secondary N) is 1. The second kappa shape index (κ2) is 5.75. The third kappa shape index (κ3) is 2.88. The molecule has 5 nitrogen and oxygen atoms in total. The summed E-state index contributed by atoms with van der Waals surface area (Å²) in [6, 6.07) is 7.72. The number of carbonyl (C=O) groups is 1. The second-order valence-electron chi connectivity index (χ2n) is 4.65. The van der Waals surface area contributed by atoms with Gasteiger partial charge in [-0.05, 0) is 12.0 Å². The van der Waals surface area contributed by atoms with Crippen LogP contribution in [0.4, 0.5) is 0 Å². The van der Waals surface area contributed by atoms with Crippen molar-refractivity contribution in [3.8, 4) is 0 Å². The van der Waals surface area contributed by atoms with E-state index in [1.165, 1.54) is 0 Å². The topological polar surface area (TPSA) is 80.9 Å². The van der Waals surface area contributed by atoms with E-state index in [-0.39, 0.29) is 17.6 Å². The first-order valence-electron chi connectivity index (χ1n) is 6.38. The minimum absolute atomic E-state index is 0.204. The summed E-state index contributed by atoms with van der Waals surface area (Å²) in [5, 5.41) is 3.68. The summed E-state index contributed by atoms with van der Waals surface area (Å²) in [4.78, 5) is 20.6. The summed E-state index contributed by atoms with van der Waals surface area (Å²) in [7, 11) is 0. The predicted octanol–water partition coefficient (Wildman–Crippen LogP) is 1.44. The standard InChI is InChI=1S/C14H18N4O/c1-9(2)12-10-5-3-4-6-11(10)17-13(18-12)14(19)16-8-7-15/h3-6,9H,7-8,15H2,1-2H3,(H,16,19). The number of nitrogens with two attached hydrogens (primary N) is 1. The molecule has 1 amide bonds. The molecule has 5 heteroatoms. The van der Waals surface area contributed by atoms with Crippen molar-refractivity contribution in [1.82, 2.24) is 15.3 Å². The first-order chi connectivity index (χ1) is 9.13. The number of benzene rings is 1. The van der Waals surface area contributed by atoms with Crippen LogP contribution < -0.4 is 11.1 Å². The highest BCUT2D eigenvalue weighted by Gasteiger charge is 2.14. The van der Waals surface area contributed by atoms with Crippen LogP contribution in [0.3, 0.4) is 0 Å².